The summed E-state index contributed by atoms with van der Waals surface area (Å²) in [6, 6.07) is 31.0. The molecule has 0 aliphatic rings. The fraction of sp³-hybridized carbons (Fsp3) is 0. The van der Waals surface area contributed by atoms with Gasteiger partial charge in [-0.1, -0.05) is 48.5 Å². The Morgan fingerprint density at radius 3 is 2.22 bits per heavy atom. The van der Waals surface area contributed by atoms with E-state index in [-0.39, 0.29) is 0 Å². The lowest BCUT2D eigenvalue weighted by Crippen LogP contribution is -1.96. The van der Waals surface area contributed by atoms with Gasteiger partial charge in [-0.15, -0.1) is 0 Å². The van der Waals surface area contributed by atoms with Crippen molar-refractivity contribution >= 4 is 21.8 Å². The minimum atomic E-state index is 0.329. The van der Waals surface area contributed by atoms with E-state index in [0.717, 1.165) is 28.0 Å². The molecule has 5 heteroatoms. The molecule has 5 nitrogen and oxygen atoms in total. The highest BCUT2D eigenvalue weighted by molar-refractivity contribution is 6.10. The number of pyridine rings is 1. The summed E-state index contributed by atoms with van der Waals surface area (Å²) in [5.74, 6) is 1.59. The summed E-state index contributed by atoms with van der Waals surface area (Å²) in [5, 5.41) is 2.40. The summed E-state index contributed by atoms with van der Waals surface area (Å²) in [6.45, 7) is 0. The average Bonchev–Trinajstić information content (AvgIpc) is 3.19. The maximum absolute atomic E-state index is 5.83. The minimum Gasteiger partial charge on any atom is -0.424 e. The van der Waals surface area contributed by atoms with Gasteiger partial charge in [0.2, 0.25) is 0 Å². The van der Waals surface area contributed by atoms with Crippen molar-refractivity contribution in [1.29, 1.82) is 0 Å². The molecule has 0 aliphatic heterocycles. The molecule has 152 valence electrons. The average molecular weight is 414 g/mol. The van der Waals surface area contributed by atoms with E-state index in [1.807, 2.05) is 42.6 Å². The van der Waals surface area contributed by atoms with Crippen LogP contribution in [0.5, 0.6) is 11.8 Å². The number of ether oxygens (including phenoxy) is 1. The molecule has 0 spiro atoms. The second kappa shape index (κ2) is 7.63. The lowest BCUT2D eigenvalue weighted by Gasteiger charge is -2.09. The number of para-hydroxylation sites is 1. The Bertz CT molecular complexity index is 1540. The van der Waals surface area contributed by atoms with Crippen LogP contribution in [0, 0.1) is 0 Å². The molecule has 0 aliphatic carbocycles. The molecule has 3 aromatic carbocycles. The zero-order chi connectivity index (χ0) is 21.3. The Balaban J connectivity index is 1.50. The third-order valence-corrected chi connectivity index (χ3v) is 5.47. The van der Waals surface area contributed by atoms with Crippen LogP contribution >= 0.6 is 0 Å². The van der Waals surface area contributed by atoms with Crippen LogP contribution in [0.4, 0.5) is 0 Å². The van der Waals surface area contributed by atoms with Gasteiger partial charge < -0.3 is 4.74 Å². The van der Waals surface area contributed by atoms with E-state index in [1.54, 1.807) is 18.5 Å². The largest absolute Gasteiger partial charge is 0.424 e. The molecule has 0 saturated carbocycles. The molecule has 0 radical (unpaired) electrons. The van der Waals surface area contributed by atoms with Gasteiger partial charge in [0, 0.05) is 29.4 Å². The van der Waals surface area contributed by atoms with Crippen molar-refractivity contribution in [3.05, 3.63) is 110 Å². The monoisotopic (exact) mass is 414 g/mol. The molecule has 3 aromatic heterocycles. The first-order chi connectivity index (χ1) is 15.9. The number of hydrogen-bond acceptors (Lipinski definition) is 4. The van der Waals surface area contributed by atoms with Crippen LogP contribution < -0.4 is 4.74 Å². The Morgan fingerprint density at radius 2 is 1.34 bits per heavy atom. The molecule has 32 heavy (non-hydrogen) atoms. The van der Waals surface area contributed by atoms with E-state index in [1.165, 1.54) is 10.8 Å². The summed E-state index contributed by atoms with van der Waals surface area (Å²) < 4.78 is 8.05. The molecule has 0 fully saturated rings. The van der Waals surface area contributed by atoms with E-state index in [2.05, 4.69) is 68.0 Å². The van der Waals surface area contributed by atoms with Crippen LogP contribution in [0.15, 0.2) is 110 Å². The SMILES string of the molecule is c1ccc(-n2c3ccccc3c3ccc(-c4cccc(Oc5ncccn5)c4)cc32)nc1. The van der Waals surface area contributed by atoms with Gasteiger partial charge in [-0.05, 0) is 53.6 Å². The molecule has 0 bridgehead atoms. The molecule has 0 atom stereocenters. The van der Waals surface area contributed by atoms with E-state index in [9.17, 15) is 0 Å². The Hall–Kier alpha value is -4.51. The fourth-order valence-electron chi connectivity index (χ4n) is 4.07. The predicted molar refractivity (Wildman–Crippen MR) is 126 cm³/mol. The van der Waals surface area contributed by atoms with E-state index >= 15 is 0 Å². The first-order valence-electron chi connectivity index (χ1n) is 10.4. The summed E-state index contributed by atoms with van der Waals surface area (Å²) in [7, 11) is 0. The standard InChI is InChI=1S/C27H18N4O/c1-2-10-24-22(9-1)23-13-12-20(18-25(23)31(24)26-11-3-4-14-28-26)19-7-5-8-21(17-19)32-27-29-15-6-16-30-27/h1-18H. The van der Waals surface area contributed by atoms with E-state index < -0.39 is 0 Å². The molecule has 3 heterocycles. The summed E-state index contributed by atoms with van der Waals surface area (Å²) in [5.41, 5.74) is 4.40. The van der Waals surface area contributed by atoms with Crippen molar-refractivity contribution in [2.45, 2.75) is 0 Å². The van der Waals surface area contributed by atoms with Gasteiger partial charge in [-0.3, -0.25) is 4.57 Å². The predicted octanol–water partition coefficient (Wildman–Crippen LogP) is 6.43. The summed E-state index contributed by atoms with van der Waals surface area (Å²) >= 11 is 0. The number of rotatable bonds is 4. The Morgan fingerprint density at radius 1 is 0.562 bits per heavy atom. The Labute approximate surface area is 184 Å². The van der Waals surface area contributed by atoms with Crippen molar-refractivity contribution in [1.82, 2.24) is 19.5 Å². The summed E-state index contributed by atoms with van der Waals surface area (Å²) in [4.78, 5) is 12.9. The Kier molecular flexibility index (Phi) is 4.36. The zero-order valence-electron chi connectivity index (χ0n) is 17.1. The molecule has 0 N–H and O–H groups in total. The van der Waals surface area contributed by atoms with Crippen molar-refractivity contribution in [2.75, 3.05) is 0 Å². The molecule has 0 amide bonds. The quantitative estimate of drug-likeness (QED) is 0.334. The molecule has 6 aromatic rings. The van der Waals surface area contributed by atoms with Gasteiger partial charge in [-0.25, -0.2) is 15.0 Å². The summed E-state index contributed by atoms with van der Waals surface area (Å²) in [6.07, 6.45) is 5.15. The lowest BCUT2D eigenvalue weighted by molar-refractivity contribution is 0.442. The number of nitrogens with zero attached hydrogens (tertiary/aromatic N) is 4. The van der Waals surface area contributed by atoms with Crippen molar-refractivity contribution in [3.8, 4) is 28.7 Å². The third-order valence-electron chi connectivity index (χ3n) is 5.47. The van der Waals surface area contributed by atoms with E-state index in [4.69, 9.17) is 4.74 Å². The van der Waals surface area contributed by atoms with Gasteiger partial charge in [-0.2, -0.15) is 0 Å². The topological polar surface area (TPSA) is 52.8 Å². The lowest BCUT2D eigenvalue weighted by atomic mass is 10.0. The molecule has 0 saturated heterocycles. The highest BCUT2D eigenvalue weighted by atomic mass is 16.5. The first kappa shape index (κ1) is 18.3. The van der Waals surface area contributed by atoms with Gasteiger partial charge in [0.05, 0.1) is 11.0 Å². The van der Waals surface area contributed by atoms with Crippen molar-refractivity contribution in [3.63, 3.8) is 0 Å². The molecular formula is C27H18N4O. The van der Waals surface area contributed by atoms with Crippen LogP contribution in [0.1, 0.15) is 0 Å². The second-order valence-corrected chi connectivity index (χ2v) is 7.43. The first-order valence-corrected chi connectivity index (χ1v) is 10.4. The second-order valence-electron chi connectivity index (χ2n) is 7.43. The van der Waals surface area contributed by atoms with Crippen molar-refractivity contribution < 1.29 is 4.74 Å². The number of fused-ring (bicyclic) bond motifs is 3. The van der Waals surface area contributed by atoms with Gasteiger partial charge in [0.15, 0.2) is 0 Å². The fourth-order valence-corrected chi connectivity index (χ4v) is 4.07. The zero-order valence-corrected chi connectivity index (χ0v) is 17.1. The maximum atomic E-state index is 5.83. The van der Waals surface area contributed by atoms with Gasteiger partial charge >= 0.3 is 6.01 Å². The van der Waals surface area contributed by atoms with Gasteiger partial charge in [0.25, 0.3) is 0 Å². The van der Waals surface area contributed by atoms with Crippen LogP contribution in [0.25, 0.3) is 38.8 Å². The third kappa shape index (κ3) is 3.17. The minimum absolute atomic E-state index is 0.329. The van der Waals surface area contributed by atoms with Crippen LogP contribution in [0.2, 0.25) is 0 Å². The number of hydrogen-bond donors (Lipinski definition) is 0. The highest BCUT2D eigenvalue weighted by Crippen LogP contribution is 2.35. The van der Waals surface area contributed by atoms with Crippen molar-refractivity contribution in [2.24, 2.45) is 0 Å². The smallest absolute Gasteiger partial charge is 0.321 e. The molecule has 0 unspecified atom stereocenters. The number of benzene rings is 3. The van der Waals surface area contributed by atoms with E-state index in [0.29, 0.717) is 11.8 Å². The number of aromatic nitrogens is 4. The maximum Gasteiger partial charge on any atom is 0.321 e. The van der Waals surface area contributed by atoms with Crippen LogP contribution in [-0.4, -0.2) is 19.5 Å². The molecule has 6 rings (SSSR count). The van der Waals surface area contributed by atoms with Gasteiger partial charge in [0.1, 0.15) is 11.6 Å². The van der Waals surface area contributed by atoms with Crippen LogP contribution in [0.3, 0.4) is 0 Å². The highest BCUT2D eigenvalue weighted by Gasteiger charge is 2.13. The normalized spacial score (nSPS) is 11.1. The van der Waals surface area contributed by atoms with Crippen LogP contribution in [-0.2, 0) is 0 Å². The molecular weight excluding hydrogens is 396 g/mol.